The standard InChI is InChI=1S/C10H21NS/c1-4-5-6-8-11-10(2)7-9-12-3/h4,10-11H,1,5-9H2,2-3H3. The van der Waals surface area contributed by atoms with Gasteiger partial charge in [-0.05, 0) is 44.7 Å². The molecule has 0 aliphatic heterocycles. The van der Waals surface area contributed by atoms with Crippen LogP contribution in [0.2, 0.25) is 0 Å². The summed E-state index contributed by atoms with van der Waals surface area (Å²) in [5, 5.41) is 3.49. The van der Waals surface area contributed by atoms with Crippen molar-refractivity contribution in [2.75, 3.05) is 18.6 Å². The van der Waals surface area contributed by atoms with E-state index in [1.54, 1.807) is 0 Å². The maximum Gasteiger partial charge on any atom is 0.00465 e. The van der Waals surface area contributed by atoms with E-state index in [-0.39, 0.29) is 0 Å². The summed E-state index contributed by atoms with van der Waals surface area (Å²) >= 11 is 1.92. The van der Waals surface area contributed by atoms with Gasteiger partial charge in [0.1, 0.15) is 0 Å². The van der Waals surface area contributed by atoms with Gasteiger partial charge in [-0.2, -0.15) is 11.8 Å². The van der Waals surface area contributed by atoms with Crippen LogP contribution >= 0.6 is 11.8 Å². The largest absolute Gasteiger partial charge is 0.314 e. The second-order valence-electron chi connectivity index (χ2n) is 3.07. The van der Waals surface area contributed by atoms with Gasteiger partial charge in [-0.15, -0.1) is 6.58 Å². The van der Waals surface area contributed by atoms with E-state index in [1.165, 1.54) is 18.6 Å². The van der Waals surface area contributed by atoms with Crippen molar-refractivity contribution in [1.29, 1.82) is 0 Å². The molecule has 0 fully saturated rings. The fourth-order valence-electron chi connectivity index (χ4n) is 0.992. The van der Waals surface area contributed by atoms with Crippen molar-refractivity contribution in [1.82, 2.24) is 5.32 Å². The molecule has 0 aliphatic carbocycles. The monoisotopic (exact) mass is 187 g/mol. The fraction of sp³-hybridized carbons (Fsp3) is 0.800. The van der Waals surface area contributed by atoms with Crippen LogP contribution in [0.1, 0.15) is 26.2 Å². The number of rotatable bonds is 8. The lowest BCUT2D eigenvalue weighted by Gasteiger charge is -2.11. The summed E-state index contributed by atoms with van der Waals surface area (Å²) in [7, 11) is 0. The topological polar surface area (TPSA) is 12.0 Å². The molecule has 0 saturated carbocycles. The zero-order valence-electron chi connectivity index (χ0n) is 8.31. The van der Waals surface area contributed by atoms with Crippen LogP contribution in [-0.2, 0) is 0 Å². The molecule has 12 heavy (non-hydrogen) atoms. The van der Waals surface area contributed by atoms with Crippen LogP contribution in [0, 0.1) is 0 Å². The molecule has 1 atom stereocenters. The van der Waals surface area contributed by atoms with Crippen molar-refractivity contribution in [3.8, 4) is 0 Å². The van der Waals surface area contributed by atoms with Crippen LogP contribution in [-0.4, -0.2) is 24.6 Å². The quantitative estimate of drug-likeness (QED) is 0.463. The maximum absolute atomic E-state index is 3.70. The third kappa shape index (κ3) is 8.15. The number of unbranched alkanes of at least 4 members (excludes halogenated alkanes) is 1. The minimum absolute atomic E-state index is 0.669. The normalized spacial score (nSPS) is 12.8. The number of nitrogens with one attached hydrogen (secondary N) is 1. The summed E-state index contributed by atoms with van der Waals surface area (Å²) in [6.45, 7) is 7.08. The summed E-state index contributed by atoms with van der Waals surface area (Å²) < 4.78 is 0. The highest BCUT2D eigenvalue weighted by molar-refractivity contribution is 7.98. The van der Waals surface area contributed by atoms with Crippen LogP contribution in [0.3, 0.4) is 0 Å². The molecule has 0 saturated heterocycles. The Hall–Kier alpha value is 0.0500. The van der Waals surface area contributed by atoms with Crippen LogP contribution in [0.5, 0.6) is 0 Å². The smallest absolute Gasteiger partial charge is 0.00465 e. The molecular weight excluding hydrogens is 166 g/mol. The highest BCUT2D eigenvalue weighted by atomic mass is 32.2. The SMILES string of the molecule is C=CCCCNC(C)CCSC. The Morgan fingerprint density at radius 2 is 2.33 bits per heavy atom. The average molecular weight is 187 g/mol. The van der Waals surface area contributed by atoms with Crippen molar-refractivity contribution in [2.24, 2.45) is 0 Å². The number of hydrogen-bond acceptors (Lipinski definition) is 2. The van der Waals surface area contributed by atoms with E-state index < -0.39 is 0 Å². The Morgan fingerprint density at radius 3 is 2.92 bits per heavy atom. The molecule has 0 rings (SSSR count). The first-order valence-corrected chi connectivity index (χ1v) is 6.04. The zero-order chi connectivity index (χ0) is 9.23. The summed E-state index contributed by atoms with van der Waals surface area (Å²) in [6.07, 6.45) is 7.75. The number of allylic oxidation sites excluding steroid dienone is 1. The van der Waals surface area contributed by atoms with Gasteiger partial charge in [0.25, 0.3) is 0 Å². The third-order valence-corrected chi connectivity index (χ3v) is 2.48. The van der Waals surface area contributed by atoms with Gasteiger partial charge in [0, 0.05) is 6.04 Å². The van der Waals surface area contributed by atoms with Gasteiger partial charge in [0.2, 0.25) is 0 Å². The first-order chi connectivity index (χ1) is 5.81. The summed E-state index contributed by atoms with van der Waals surface area (Å²) in [5.74, 6) is 1.26. The molecule has 0 aromatic heterocycles. The lowest BCUT2D eigenvalue weighted by molar-refractivity contribution is 0.529. The third-order valence-electron chi connectivity index (χ3n) is 1.83. The van der Waals surface area contributed by atoms with E-state index in [0.717, 1.165) is 13.0 Å². The highest BCUT2D eigenvalue weighted by Gasteiger charge is 1.98. The van der Waals surface area contributed by atoms with Crippen molar-refractivity contribution >= 4 is 11.8 Å². The predicted molar refractivity (Wildman–Crippen MR) is 59.9 cm³/mol. The van der Waals surface area contributed by atoms with Crippen LogP contribution in [0.4, 0.5) is 0 Å². The van der Waals surface area contributed by atoms with Gasteiger partial charge in [0.05, 0.1) is 0 Å². The van der Waals surface area contributed by atoms with Crippen molar-refractivity contribution in [2.45, 2.75) is 32.2 Å². The van der Waals surface area contributed by atoms with E-state index >= 15 is 0 Å². The van der Waals surface area contributed by atoms with E-state index in [2.05, 4.69) is 25.1 Å². The van der Waals surface area contributed by atoms with Crippen molar-refractivity contribution in [3.05, 3.63) is 12.7 Å². The molecule has 1 nitrogen and oxygen atoms in total. The molecule has 0 aromatic carbocycles. The van der Waals surface area contributed by atoms with Crippen LogP contribution in [0.25, 0.3) is 0 Å². The Balaban J connectivity index is 3.07. The Bertz CT molecular complexity index is 104. The van der Waals surface area contributed by atoms with Crippen molar-refractivity contribution in [3.63, 3.8) is 0 Å². The molecule has 0 heterocycles. The number of thioether (sulfide) groups is 1. The molecule has 1 N–H and O–H groups in total. The fourth-order valence-corrected chi connectivity index (χ4v) is 1.58. The number of hydrogen-bond donors (Lipinski definition) is 1. The van der Waals surface area contributed by atoms with E-state index in [9.17, 15) is 0 Å². The maximum atomic E-state index is 3.70. The molecule has 0 spiro atoms. The van der Waals surface area contributed by atoms with Gasteiger partial charge in [-0.1, -0.05) is 6.08 Å². The van der Waals surface area contributed by atoms with Crippen molar-refractivity contribution < 1.29 is 0 Å². The van der Waals surface area contributed by atoms with Gasteiger partial charge in [0.15, 0.2) is 0 Å². The van der Waals surface area contributed by atoms with Crippen LogP contribution < -0.4 is 5.32 Å². The lowest BCUT2D eigenvalue weighted by atomic mass is 10.2. The second kappa shape index (κ2) is 9.14. The average Bonchev–Trinajstić information content (AvgIpc) is 2.09. The summed E-state index contributed by atoms with van der Waals surface area (Å²) in [6, 6.07) is 0.669. The van der Waals surface area contributed by atoms with Crippen LogP contribution in [0.15, 0.2) is 12.7 Å². The van der Waals surface area contributed by atoms with Gasteiger partial charge >= 0.3 is 0 Å². The molecule has 2 heteroatoms. The first kappa shape index (κ1) is 12.0. The molecule has 1 unspecified atom stereocenters. The summed E-state index contributed by atoms with van der Waals surface area (Å²) in [5.41, 5.74) is 0. The molecule has 0 radical (unpaired) electrons. The Morgan fingerprint density at radius 1 is 1.58 bits per heavy atom. The molecule has 72 valence electrons. The molecule has 0 aromatic rings. The molecule has 0 amide bonds. The minimum Gasteiger partial charge on any atom is -0.314 e. The Labute approximate surface area is 81.0 Å². The predicted octanol–water partition coefficient (Wildman–Crippen LogP) is 2.68. The van der Waals surface area contributed by atoms with Gasteiger partial charge < -0.3 is 5.32 Å². The highest BCUT2D eigenvalue weighted by Crippen LogP contribution is 1.99. The second-order valence-corrected chi connectivity index (χ2v) is 4.05. The molecule has 0 bridgehead atoms. The van der Waals surface area contributed by atoms with Gasteiger partial charge in [-0.25, -0.2) is 0 Å². The lowest BCUT2D eigenvalue weighted by Crippen LogP contribution is -2.27. The van der Waals surface area contributed by atoms with E-state index in [1.807, 2.05) is 17.8 Å². The zero-order valence-corrected chi connectivity index (χ0v) is 9.12. The molecule has 0 aliphatic rings. The van der Waals surface area contributed by atoms with E-state index in [0.29, 0.717) is 6.04 Å². The van der Waals surface area contributed by atoms with Gasteiger partial charge in [-0.3, -0.25) is 0 Å². The Kier molecular flexibility index (Phi) is 9.18. The molecular formula is C10H21NS. The van der Waals surface area contributed by atoms with E-state index in [4.69, 9.17) is 0 Å². The minimum atomic E-state index is 0.669. The summed E-state index contributed by atoms with van der Waals surface area (Å²) in [4.78, 5) is 0. The first-order valence-electron chi connectivity index (χ1n) is 4.64.